The predicted octanol–water partition coefficient (Wildman–Crippen LogP) is 2.05. The van der Waals surface area contributed by atoms with Crippen LogP contribution in [0.1, 0.15) is 116 Å². The molecule has 0 aromatic carbocycles. The maximum atomic E-state index is 14.5. The Balaban J connectivity index is 1.79. The second-order valence-electron chi connectivity index (χ2n) is 21.9. The van der Waals surface area contributed by atoms with Gasteiger partial charge in [-0.2, -0.15) is 0 Å². The molecule has 65 heavy (non-hydrogen) atoms. The molecule has 2 amide bonds. The number of likely N-dealkylation sites (N-methyl/N-ethyl adjacent to an activating group) is 2. The minimum Gasteiger partial charge on any atom is -0.459 e. The number of ether oxygens (including phenoxy) is 6. The molecule has 4 fully saturated rings. The summed E-state index contributed by atoms with van der Waals surface area (Å²) >= 11 is 0. The van der Waals surface area contributed by atoms with Gasteiger partial charge in [-0.05, 0) is 108 Å². The molecule has 4 aliphatic heterocycles. The van der Waals surface area contributed by atoms with E-state index in [4.69, 9.17) is 28.4 Å². The normalized spacial score (nSPS) is 45.0. The number of carbonyl (C=O) groups is 2. The molecule has 0 radical (unpaired) electrons. The Hall–Kier alpha value is -1.78. The Morgan fingerprint density at radius 2 is 1.58 bits per heavy atom. The van der Waals surface area contributed by atoms with Crippen LogP contribution in [0.5, 0.6) is 0 Å². The number of hydrogen-bond acceptors (Lipinski definition) is 16. The number of nitrogens with zero attached hydrogens (tertiary/aromatic N) is 3. The van der Waals surface area contributed by atoms with Crippen molar-refractivity contribution in [1.82, 2.24) is 25.3 Å². The molecule has 4 aliphatic rings. The zero-order chi connectivity index (χ0) is 49.2. The van der Waals surface area contributed by atoms with Crippen LogP contribution in [0.3, 0.4) is 0 Å². The van der Waals surface area contributed by atoms with E-state index in [1.807, 2.05) is 41.5 Å². The molecule has 18 heteroatoms. The number of β-amino-alcohol motifs (C(OH)–C–C–N with tert-alkyl or cyclic N) is 1. The smallest absolute Gasteiger partial charge is 0.317 e. The maximum absolute atomic E-state index is 14.5. The van der Waals surface area contributed by atoms with Crippen molar-refractivity contribution < 1.29 is 63.5 Å². The third kappa shape index (κ3) is 13.1. The lowest BCUT2D eigenvalue weighted by Gasteiger charge is -2.55. The first kappa shape index (κ1) is 55.8. The number of amides is 2. The highest BCUT2D eigenvalue weighted by Gasteiger charge is 2.59. The maximum Gasteiger partial charge on any atom is 0.317 e. The number of cyclic esters (lactones) is 1. The van der Waals surface area contributed by atoms with E-state index in [-0.39, 0.29) is 31.2 Å². The van der Waals surface area contributed by atoms with E-state index < -0.39 is 113 Å². The highest BCUT2D eigenvalue weighted by atomic mass is 16.7. The molecule has 0 aliphatic carbocycles. The summed E-state index contributed by atoms with van der Waals surface area (Å²) in [7, 11) is 5.23. The van der Waals surface area contributed by atoms with E-state index in [0.717, 1.165) is 26.2 Å². The van der Waals surface area contributed by atoms with Crippen LogP contribution < -0.4 is 10.6 Å². The SMILES string of the molecule is CC[C@H]1OC(=O)[C@H](C)[C@@H](O[C@H]2C[C@@](C)(OC)[C@](O)(CN3CCN(C)CC3)[C@H](C)O2)[C@H](C)[C@@H](O[C@@H]2O[C@H](C)C[C@H](N(C)C(=O)NC(C)(C)C)[C@H]2O)[C@](C)(O)C[C@@H](C)CN[C@H](C)[C@@H](O)[C@]1(C)O. The number of urea groups is 1. The number of aliphatic hydroxyl groups excluding tert-OH is 2. The molecule has 0 aromatic heterocycles. The summed E-state index contributed by atoms with van der Waals surface area (Å²) < 4.78 is 38.9. The van der Waals surface area contributed by atoms with Crippen LogP contribution in [-0.2, 0) is 33.2 Å². The number of carbonyl (C=O) groups excluding carboxylic acids is 2. The van der Waals surface area contributed by atoms with Crippen molar-refractivity contribution in [1.29, 1.82) is 0 Å². The van der Waals surface area contributed by atoms with E-state index >= 15 is 0 Å². The quantitative estimate of drug-likeness (QED) is 0.164. The van der Waals surface area contributed by atoms with Crippen molar-refractivity contribution in [2.24, 2.45) is 17.8 Å². The molecule has 0 saturated carbocycles. The summed E-state index contributed by atoms with van der Waals surface area (Å²) in [5.41, 5.74) is -6.69. The average Bonchev–Trinajstić information content (AvgIpc) is 3.21. The highest BCUT2D eigenvalue weighted by molar-refractivity contribution is 5.75. The number of hydrogen-bond donors (Lipinski definition) is 7. The van der Waals surface area contributed by atoms with Gasteiger partial charge in [-0.3, -0.25) is 9.69 Å². The fourth-order valence-electron chi connectivity index (χ4n) is 10.5. The van der Waals surface area contributed by atoms with E-state index in [1.165, 1.54) is 11.8 Å². The number of piperazine rings is 1. The summed E-state index contributed by atoms with van der Waals surface area (Å²) in [5, 5.41) is 66.8. The molecule has 4 heterocycles. The molecule has 0 spiro atoms. The second-order valence-corrected chi connectivity index (χ2v) is 21.9. The molecule has 380 valence electrons. The van der Waals surface area contributed by atoms with Crippen LogP contribution in [0.15, 0.2) is 0 Å². The molecule has 0 unspecified atom stereocenters. The monoisotopic (exact) mass is 932 g/mol. The zero-order valence-electron chi connectivity index (χ0n) is 42.5. The average molecular weight is 932 g/mol. The molecular formula is C47H89N5O13. The fraction of sp³-hybridized carbons (Fsp3) is 0.957. The fourth-order valence-corrected chi connectivity index (χ4v) is 10.5. The Kier molecular flexibility index (Phi) is 18.8. The van der Waals surface area contributed by atoms with Crippen LogP contribution in [0.25, 0.3) is 0 Å². The first-order valence-corrected chi connectivity index (χ1v) is 24.0. The van der Waals surface area contributed by atoms with Crippen LogP contribution in [-0.4, -0.2) is 208 Å². The summed E-state index contributed by atoms with van der Waals surface area (Å²) in [6.07, 6.45) is -9.04. The molecule has 7 N–H and O–H groups in total. The number of esters is 1. The standard InChI is InChI=1S/C47H89N5O13/c1-17-34-46(13,58)38(54)31(6)48-25-27(2)23-44(11,57)39(65-41-36(53)33(22-28(3)61-41)51(15)42(56)49-43(8,9)10)29(4)37(30(5)40(55)63-34)64-35-24-45(12,60-16)47(59,32(7)62-35)26-52-20-18-50(14)19-21-52/h27-39,41,48,53-54,57-59H,17-26H2,1-16H3,(H,49,56)/t27-,28-,29+,30-,31-,32+,33+,34-,35+,36-,37+,38-,39-,41+,44-,45-,46-,47+/m1/s1. The second kappa shape index (κ2) is 21.9. The van der Waals surface area contributed by atoms with Gasteiger partial charge in [-0.15, -0.1) is 0 Å². The summed E-state index contributed by atoms with van der Waals surface area (Å²) in [4.78, 5) is 33.8. The zero-order valence-corrected chi connectivity index (χ0v) is 42.5. The molecule has 18 nitrogen and oxygen atoms in total. The molecule has 0 bridgehead atoms. The van der Waals surface area contributed by atoms with E-state index in [9.17, 15) is 35.1 Å². The Bertz CT molecular complexity index is 1550. The van der Waals surface area contributed by atoms with E-state index in [2.05, 4.69) is 27.5 Å². The van der Waals surface area contributed by atoms with Gasteiger partial charge in [-0.1, -0.05) is 20.8 Å². The van der Waals surface area contributed by atoms with Gasteiger partial charge in [0.05, 0.1) is 42.0 Å². The molecule has 0 aromatic rings. The van der Waals surface area contributed by atoms with Gasteiger partial charge in [0.2, 0.25) is 0 Å². The Morgan fingerprint density at radius 3 is 2.15 bits per heavy atom. The molecular weight excluding hydrogens is 843 g/mol. The highest BCUT2D eigenvalue weighted by Crippen LogP contribution is 2.44. The molecule has 4 rings (SSSR count). The van der Waals surface area contributed by atoms with Gasteiger partial charge in [0, 0.05) is 70.8 Å². The van der Waals surface area contributed by atoms with Crippen molar-refractivity contribution in [2.45, 2.75) is 211 Å². The van der Waals surface area contributed by atoms with Crippen molar-refractivity contribution in [3.8, 4) is 0 Å². The lowest BCUT2D eigenvalue weighted by molar-refractivity contribution is -0.339. The first-order valence-electron chi connectivity index (χ1n) is 24.0. The van der Waals surface area contributed by atoms with Crippen LogP contribution in [0.4, 0.5) is 4.79 Å². The summed E-state index contributed by atoms with van der Waals surface area (Å²) in [6.45, 7) is 26.9. The van der Waals surface area contributed by atoms with Crippen molar-refractivity contribution in [3.05, 3.63) is 0 Å². The third-order valence-corrected chi connectivity index (χ3v) is 14.9. The topological polar surface area (TPSA) is 224 Å². The minimum absolute atomic E-state index is 0.0661. The van der Waals surface area contributed by atoms with Crippen LogP contribution in [0.2, 0.25) is 0 Å². The van der Waals surface area contributed by atoms with Gasteiger partial charge in [0.15, 0.2) is 12.6 Å². The summed E-state index contributed by atoms with van der Waals surface area (Å²) in [6, 6.07) is -1.74. The first-order chi connectivity index (χ1) is 29.9. The lowest BCUT2D eigenvalue weighted by Crippen LogP contribution is -2.71. The number of methoxy groups -OCH3 is 1. The number of aliphatic hydroxyl groups is 5. The minimum atomic E-state index is -1.85. The van der Waals surface area contributed by atoms with Gasteiger partial charge in [0.1, 0.15) is 35.1 Å². The van der Waals surface area contributed by atoms with Gasteiger partial charge < -0.3 is 74.4 Å². The van der Waals surface area contributed by atoms with Gasteiger partial charge >= 0.3 is 12.0 Å². The van der Waals surface area contributed by atoms with Crippen LogP contribution >= 0.6 is 0 Å². The van der Waals surface area contributed by atoms with E-state index in [0.29, 0.717) is 19.5 Å². The van der Waals surface area contributed by atoms with Crippen molar-refractivity contribution >= 4 is 12.0 Å². The Morgan fingerprint density at radius 1 is 0.969 bits per heavy atom. The number of nitrogens with one attached hydrogen (secondary N) is 2. The molecule has 18 atom stereocenters. The van der Waals surface area contributed by atoms with Crippen molar-refractivity contribution in [3.63, 3.8) is 0 Å². The Labute approximate surface area is 389 Å². The van der Waals surface area contributed by atoms with Crippen LogP contribution in [0, 0.1) is 17.8 Å². The van der Waals surface area contributed by atoms with Crippen molar-refractivity contribution in [2.75, 3.05) is 60.5 Å². The number of rotatable bonds is 9. The summed E-state index contributed by atoms with van der Waals surface area (Å²) in [5.74, 6) is -2.93. The predicted molar refractivity (Wildman–Crippen MR) is 245 cm³/mol. The largest absolute Gasteiger partial charge is 0.459 e. The molecule has 4 saturated heterocycles. The van der Waals surface area contributed by atoms with Gasteiger partial charge in [-0.25, -0.2) is 4.79 Å². The van der Waals surface area contributed by atoms with Gasteiger partial charge in [0.25, 0.3) is 0 Å². The lowest BCUT2D eigenvalue weighted by atomic mass is 9.74. The van der Waals surface area contributed by atoms with E-state index in [1.54, 1.807) is 55.7 Å². The third-order valence-electron chi connectivity index (χ3n) is 14.9.